The Balaban J connectivity index is 1.76. The summed E-state index contributed by atoms with van der Waals surface area (Å²) in [5.74, 6) is -1.63. The van der Waals surface area contributed by atoms with E-state index in [-0.39, 0.29) is 32.4 Å². The van der Waals surface area contributed by atoms with E-state index in [1.54, 1.807) is 48.5 Å². The lowest BCUT2D eigenvalue weighted by Gasteiger charge is -2.24. The molecule has 1 fully saturated rings. The summed E-state index contributed by atoms with van der Waals surface area (Å²) in [6, 6.07) is 13.8. The summed E-state index contributed by atoms with van der Waals surface area (Å²) >= 11 is 10.7. The lowest BCUT2D eigenvalue weighted by Crippen LogP contribution is -2.29. The van der Waals surface area contributed by atoms with Crippen LogP contribution in [-0.4, -0.2) is 40.6 Å². The maximum atomic E-state index is 13.5. The first-order valence-electron chi connectivity index (χ1n) is 11.4. The predicted octanol–water partition coefficient (Wildman–Crippen LogP) is 6.45. The summed E-state index contributed by atoms with van der Waals surface area (Å²) in [4.78, 5) is 32.8. The third-order valence-electron chi connectivity index (χ3n) is 5.99. The lowest BCUT2D eigenvalue weighted by molar-refractivity contribution is -0.132. The van der Waals surface area contributed by atoms with E-state index in [1.165, 1.54) is 29.4 Å². The second kappa shape index (κ2) is 10.3. The number of phenols is 1. The molecule has 194 valence electrons. The highest BCUT2D eigenvalue weighted by Crippen LogP contribution is 2.47. The number of thiazole rings is 1. The number of anilines is 1. The van der Waals surface area contributed by atoms with Crippen LogP contribution < -0.4 is 14.4 Å². The van der Waals surface area contributed by atoms with Crippen molar-refractivity contribution in [2.24, 2.45) is 0 Å². The smallest absolute Gasteiger partial charge is 0.301 e. The molecule has 0 saturated carbocycles. The Bertz CT molecular complexity index is 1640. The zero-order chi connectivity index (χ0) is 27.1. The summed E-state index contributed by atoms with van der Waals surface area (Å²) in [5, 5.41) is 22.6. The molecule has 1 atom stereocenters. The van der Waals surface area contributed by atoms with E-state index >= 15 is 0 Å². The van der Waals surface area contributed by atoms with Gasteiger partial charge in [-0.1, -0.05) is 35.1 Å². The van der Waals surface area contributed by atoms with Gasteiger partial charge >= 0.3 is 5.91 Å². The maximum absolute atomic E-state index is 13.5. The van der Waals surface area contributed by atoms with Crippen LogP contribution in [0.15, 0.2) is 64.6 Å². The van der Waals surface area contributed by atoms with Gasteiger partial charge in [0.15, 0.2) is 16.6 Å². The van der Waals surface area contributed by atoms with Crippen LogP contribution in [0.3, 0.4) is 0 Å². The van der Waals surface area contributed by atoms with Gasteiger partial charge in [0, 0.05) is 10.6 Å². The highest BCUT2D eigenvalue weighted by molar-refractivity contribution is 9.10. The number of ether oxygens (including phenoxy) is 2. The number of halogens is 2. The van der Waals surface area contributed by atoms with Crippen molar-refractivity contribution in [2.45, 2.75) is 13.0 Å². The fourth-order valence-electron chi connectivity index (χ4n) is 4.30. The minimum Gasteiger partial charge on any atom is -0.507 e. The van der Waals surface area contributed by atoms with E-state index in [1.807, 2.05) is 6.92 Å². The predicted molar refractivity (Wildman–Crippen MR) is 149 cm³/mol. The van der Waals surface area contributed by atoms with Crippen molar-refractivity contribution in [1.29, 1.82) is 0 Å². The van der Waals surface area contributed by atoms with Crippen LogP contribution in [-0.2, 0) is 9.59 Å². The largest absolute Gasteiger partial charge is 0.507 e. The molecule has 1 aliphatic rings. The van der Waals surface area contributed by atoms with Crippen molar-refractivity contribution < 1.29 is 29.3 Å². The molecule has 1 aromatic heterocycles. The van der Waals surface area contributed by atoms with Crippen molar-refractivity contribution in [3.05, 3.63) is 80.8 Å². The average Bonchev–Trinajstić information content (AvgIpc) is 3.43. The van der Waals surface area contributed by atoms with E-state index < -0.39 is 17.7 Å². The molecule has 0 spiro atoms. The molecule has 3 aromatic carbocycles. The van der Waals surface area contributed by atoms with E-state index in [9.17, 15) is 19.8 Å². The number of nitrogens with zero attached hydrogens (tertiary/aromatic N) is 2. The first-order chi connectivity index (χ1) is 18.2. The van der Waals surface area contributed by atoms with Crippen LogP contribution in [0.25, 0.3) is 16.0 Å². The Morgan fingerprint density at radius 2 is 1.97 bits per heavy atom. The van der Waals surface area contributed by atoms with Crippen LogP contribution in [0.2, 0.25) is 5.02 Å². The summed E-state index contributed by atoms with van der Waals surface area (Å²) < 4.78 is 11.9. The molecule has 0 bridgehead atoms. The molecule has 0 aliphatic carbocycles. The first kappa shape index (κ1) is 26.0. The minimum atomic E-state index is -1.08. The zero-order valence-corrected chi connectivity index (χ0v) is 23.2. The number of aromatic hydroxyl groups is 1. The number of aliphatic hydroxyl groups excluding tert-OH is 1. The normalized spacial score (nSPS) is 16.8. The zero-order valence-electron chi connectivity index (χ0n) is 20.1. The van der Waals surface area contributed by atoms with Crippen LogP contribution in [0, 0.1) is 0 Å². The number of fused-ring (bicyclic) bond motifs is 1. The number of aromatic nitrogens is 1. The molecule has 8 nitrogen and oxygen atoms in total. The van der Waals surface area contributed by atoms with E-state index in [4.69, 9.17) is 21.1 Å². The molecule has 38 heavy (non-hydrogen) atoms. The molecule has 0 radical (unpaired) electrons. The van der Waals surface area contributed by atoms with Crippen LogP contribution in [0.5, 0.6) is 17.2 Å². The van der Waals surface area contributed by atoms with Crippen molar-refractivity contribution in [3.8, 4) is 17.2 Å². The molecular weight excluding hydrogens is 596 g/mol. The number of phenolic OH excluding ortho intramolecular Hbond substituents is 1. The molecular formula is C27H20BrClN2O6S. The number of Topliss-reactive ketones (excluding diaryl/α,β-unsaturated/α-hetero) is 1. The van der Waals surface area contributed by atoms with Gasteiger partial charge in [-0.3, -0.25) is 14.5 Å². The number of carbonyl (C=O) groups is 2. The fraction of sp³-hybridized carbons (Fsp3) is 0.148. The molecule has 1 saturated heterocycles. The van der Waals surface area contributed by atoms with Gasteiger partial charge in [-0.15, -0.1) is 0 Å². The molecule has 1 aliphatic heterocycles. The fourth-order valence-corrected chi connectivity index (χ4v) is 6.03. The number of methoxy groups -OCH3 is 1. The van der Waals surface area contributed by atoms with Crippen LogP contribution in [0.4, 0.5) is 5.13 Å². The highest BCUT2D eigenvalue weighted by atomic mass is 79.9. The second-order valence-corrected chi connectivity index (χ2v) is 10.6. The summed E-state index contributed by atoms with van der Waals surface area (Å²) in [5.41, 5.74) is 1.18. The van der Waals surface area contributed by atoms with Crippen molar-refractivity contribution in [2.75, 3.05) is 18.6 Å². The van der Waals surface area contributed by atoms with Gasteiger partial charge in [0.2, 0.25) is 0 Å². The summed E-state index contributed by atoms with van der Waals surface area (Å²) in [6.07, 6.45) is 0. The number of amides is 1. The number of hydrogen-bond acceptors (Lipinski definition) is 8. The minimum absolute atomic E-state index is 0.120. The lowest BCUT2D eigenvalue weighted by atomic mass is 9.95. The Kier molecular flexibility index (Phi) is 7.04. The highest BCUT2D eigenvalue weighted by Gasteiger charge is 2.48. The molecule has 5 rings (SSSR count). The van der Waals surface area contributed by atoms with Gasteiger partial charge in [-0.2, -0.15) is 0 Å². The number of ketones is 1. The Morgan fingerprint density at radius 1 is 1.18 bits per heavy atom. The van der Waals surface area contributed by atoms with Gasteiger partial charge in [-0.25, -0.2) is 4.98 Å². The van der Waals surface area contributed by atoms with E-state index in [0.717, 1.165) is 4.70 Å². The molecule has 2 N–H and O–H groups in total. The van der Waals surface area contributed by atoms with Gasteiger partial charge < -0.3 is 19.7 Å². The van der Waals surface area contributed by atoms with Crippen molar-refractivity contribution in [3.63, 3.8) is 0 Å². The van der Waals surface area contributed by atoms with Gasteiger partial charge in [0.05, 0.1) is 40.0 Å². The van der Waals surface area contributed by atoms with E-state index in [0.29, 0.717) is 34.0 Å². The Labute approximate surface area is 234 Å². The number of benzene rings is 3. The van der Waals surface area contributed by atoms with E-state index in [2.05, 4.69) is 20.9 Å². The Hall–Kier alpha value is -3.60. The first-order valence-corrected chi connectivity index (χ1v) is 13.4. The quantitative estimate of drug-likeness (QED) is 0.146. The van der Waals surface area contributed by atoms with Gasteiger partial charge in [-0.05, 0) is 70.9 Å². The topological polar surface area (TPSA) is 109 Å². The second-order valence-electron chi connectivity index (χ2n) is 8.29. The SMILES string of the molecule is CCOc1cccc(C(O)=C2C(=O)C(=O)N(c3nc4ccc(Cl)cc4s3)C2c2cc(Br)c(O)c(OC)c2)c1. The number of hydrogen-bond donors (Lipinski definition) is 2. The number of carbonyl (C=O) groups excluding carboxylic acids is 2. The van der Waals surface area contributed by atoms with Gasteiger partial charge in [0.1, 0.15) is 11.5 Å². The Morgan fingerprint density at radius 3 is 2.71 bits per heavy atom. The number of rotatable bonds is 6. The summed E-state index contributed by atoms with van der Waals surface area (Å²) in [7, 11) is 1.39. The van der Waals surface area contributed by atoms with Gasteiger partial charge in [0.25, 0.3) is 5.78 Å². The average molecular weight is 616 g/mol. The number of aliphatic hydroxyl groups is 1. The third-order valence-corrected chi connectivity index (χ3v) is 7.85. The summed E-state index contributed by atoms with van der Waals surface area (Å²) in [6.45, 7) is 2.25. The molecule has 2 heterocycles. The maximum Gasteiger partial charge on any atom is 0.301 e. The molecule has 11 heteroatoms. The molecule has 4 aromatic rings. The van der Waals surface area contributed by atoms with Crippen molar-refractivity contribution in [1.82, 2.24) is 4.98 Å². The molecule has 1 amide bonds. The monoisotopic (exact) mass is 614 g/mol. The van der Waals surface area contributed by atoms with Crippen LogP contribution >= 0.6 is 38.9 Å². The third kappa shape index (κ3) is 4.48. The molecule has 1 unspecified atom stereocenters. The standard InChI is InChI=1S/C27H20BrClN2O6S/c1-3-37-16-6-4-5-13(9-16)23(32)21-22(14-10-17(28)24(33)19(11-14)36-2)31(26(35)25(21)34)27-30-18-8-7-15(29)12-20(18)38-27/h4-12,22,32-33H,3H2,1-2H3. The van der Waals surface area contributed by atoms with Crippen LogP contribution in [0.1, 0.15) is 24.1 Å². The van der Waals surface area contributed by atoms with Crippen molar-refractivity contribution >= 4 is 71.7 Å².